The summed E-state index contributed by atoms with van der Waals surface area (Å²) in [4.78, 5) is 26.7. The van der Waals surface area contributed by atoms with E-state index in [9.17, 15) is 23.7 Å². The van der Waals surface area contributed by atoms with Crippen LogP contribution in [0.2, 0.25) is 0 Å². The molecule has 2 aromatic heterocycles. The van der Waals surface area contributed by atoms with Crippen LogP contribution in [-0.2, 0) is 7.05 Å². The molecule has 0 aromatic carbocycles. The van der Waals surface area contributed by atoms with E-state index < -0.39 is 29.1 Å². The maximum absolute atomic E-state index is 14.2. The summed E-state index contributed by atoms with van der Waals surface area (Å²) >= 11 is 3.10. The molecule has 3 rings (SSSR count). The van der Waals surface area contributed by atoms with Crippen molar-refractivity contribution in [1.82, 2.24) is 9.55 Å². The monoisotopic (exact) mass is 432 g/mol. The summed E-state index contributed by atoms with van der Waals surface area (Å²) in [6, 6.07) is -0.228. The van der Waals surface area contributed by atoms with Gasteiger partial charge in [-0.3, -0.25) is 19.5 Å². The minimum atomic E-state index is -3.41. The Bertz CT molecular complexity index is 945. The van der Waals surface area contributed by atoms with Gasteiger partial charge in [0.15, 0.2) is 0 Å². The fraction of sp³-hybridized carbons (Fsp3) is 0.467. The molecule has 0 spiro atoms. The molecule has 140 valence electrons. The molecule has 0 radical (unpaired) electrons. The van der Waals surface area contributed by atoms with E-state index in [1.165, 1.54) is 17.7 Å². The number of halogens is 3. The zero-order valence-electron chi connectivity index (χ0n) is 13.6. The average Bonchev–Trinajstić information content (AvgIpc) is 3.44. The van der Waals surface area contributed by atoms with Crippen LogP contribution in [0.25, 0.3) is 11.0 Å². The van der Waals surface area contributed by atoms with Gasteiger partial charge in [-0.25, -0.2) is 13.8 Å². The first-order valence-electron chi connectivity index (χ1n) is 7.75. The molecule has 8 nitrogen and oxygen atoms in total. The van der Waals surface area contributed by atoms with Crippen molar-refractivity contribution in [2.24, 2.45) is 13.0 Å². The molecular formula is C15H15BrF2N4O4. The first-order chi connectivity index (χ1) is 12.2. The molecule has 1 saturated carbocycles. The van der Waals surface area contributed by atoms with Crippen molar-refractivity contribution in [3.05, 3.63) is 37.2 Å². The maximum Gasteiger partial charge on any atom is 0.290 e. The van der Waals surface area contributed by atoms with Crippen LogP contribution in [0, 0.1) is 16.0 Å². The van der Waals surface area contributed by atoms with Gasteiger partial charge in [-0.15, -0.1) is 0 Å². The summed E-state index contributed by atoms with van der Waals surface area (Å²) in [5, 5.41) is 22.9. The predicted molar refractivity (Wildman–Crippen MR) is 93.5 cm³/mol. The van der Waals surface area contributed by atoms with Gasteiger partial charge in [-0.05, 0) is 34.7 Å². The predicted octanol–water partition coefficient (Wildman–Crippen LogP) is 2.42. The molecule has 1 aliphatic carbocycles. The number of alkyl halides is 2. The number of aliphatic hydroxyl groups excluding tert-OH is 1. The van der Waals surface area contributed by atoms with Crippen LogP contribution in [-0.4, -0.2) is 38.2 Å². The number of pyridine rings is 2. The largest absolute Gasteiger partial charge is 0.390 e. The van der Waals surface area contributed by atoms with E-state index in [1.807, 2.05) is 0 Å². The van der Waals surface area contributed by atoms with Crippen molar-refractivity contribution in [1.29, 1.82) is 0 Å². The standard InChI is InChI=1S/C15H15BrF2N4O4/c1-21-13-9(4-8(5-19-13)22(25)26)11(10(16)14(21)24)20-12(7-2-3-7)15(17,18)6-23/h4-5,7,12,20,23H,2-3,6H2,1H3/t12-/m0/s1. The summed E-state index contributed by atoms with van der Waals surface area (Å²) in [6.07, 6.45) is 2.12. The third-order valence-electron chi connectivity index (χ3n) is 4.42. The molecule has 2 heterocycles. The molecule has 2 N–H and O–H groups in total. The fourth-order valence-corrected chi connectivity index (χ4v) is 3.45. The first kappa shape index (κ1) is 18.6. The smallest absolute Gasteiger partial charge is 0.290 e. The zero-order valence-corrected chi connectivity index (χ0v) is 15.2. The Labute approximate surface area is 154 Å². The molecule has 0 aliphatic heterocycles. The van der Waals surface area contributed by atoms with Gasteiger partial charge in [0.25, 0.3) is 17.2 Å². The number of aryl methyl sites for hydroxylation is 1. The quantitative estimate of drug-likeness (QED) is 0.535. The molecule has 1 atom stereocenters. The van der Waals surface area contributed by atoms with Crippen LogP contribution < -0.4 is 10.9 Å². The summed E-state index contributed by atoms with van der Waals surface area (Å²) in [7, 11) is 1.43. The van der Waals surface area contributed by atoms with Gasteiger partial charge in [0.2, 0.25) is 0 Å². The van der Waals surface area contributed by atoms with Gasteiger partial charge in [0, 0.05) is 18.5 Å². The summed E-state index contributed by atoms with van der Waals surface area (Å²) in [5.41, 5.74) is -0.733. The Balaban J connectivity index is 2.21. The molecule has 1 fully saturated rings. The second kappa shape index (κ2) is 6.54. The van der Waals surface area contributed by atoms with Crippen molar-refractivity contribution in [3.8, 4) is 0 Å². The highest BCUT2D eigenvalue weighted by atomic mass is 79.9. The lowest BCUT2D eigenvalue weighted by Crippen LogP contribution is -2.44. The van der Waals surface area contributed by atoms with E-state index in [-0.39, 0.29) is 32.8 Å². The molecule has 1 aliphatic rings. The zero-order chi connectivity index (χ0) is 19.2. The number of anilines is 1. The number of rotatable bonds is 6. The van der Waals surface area contributed by atoms with Crippen molar-refractivity contribution in [2.45, 2.75) is 24.8 Å². The average molecular weight is 433 g/mol. The van der Waals surface area contributed by atoms with Gasteiger partial charge in [-0.2, -0.15) is 0 Å². The van der Waals surface area contributed by atoms with Gasteiger partial charge >= 0.3 is 0 Å². The van der Waals surface area contributed by atoms with E-state index in [1.54, 1.807) is 0 Å². The molecule has 0 bridgehead atoms. The molecule has 26 heavy (non-hydrogen) atoms. The molecule has 0 saturated heterocycles. The van der Waals surface area contributed by atoms with Crippen molar-refractivity contribution in [3.63, 3.8) is 0 Å². The highest BCUT2D eigenvalue weighted by Gasteiger charge is 2.48. The van der Waals surface area contributed by atoms with E-state index in [0.29, 0.717) is 12.8 Å². The number of aromatic nitrogens is 2. The normalized spacial score (nSPS) is 15.9. The van der Waals surface area contributed by atoms with Gasteiger partial charge in [-0.1, -0.05) is 0 Å². The van der Waals surface area contributed by atoms with Crippen molar-refractivity contribution >= 4 is 38.3 Å². The lowest BCUT2D eigenvalue weighted by molar-refractivity contribution is -0.385. The Kier molecular flexibility index (Phi) is 4.69. The fourth-order valence-electron chi connectivity index (χ4n) is 2.86. The molecule has 0 amide bonds. The number of nitrogens with one attached hydrogen (secondary N) is 1. The minimum Gasteiger partial charge on any atom is -0.390 e. The maximum atomic E-state index is 14.2. The lowest BCUT2D eigenvalue weighted by atomic mass is 10.0. The Morgan fingerprint density at radius 3 is 2.77 bits per heavy atom. The minimum absolute atomic E-state index is 0.00400. The third-order valence-corrected chi connectivity index (χ3v) is 5.16. The SMILES string of the molecule is Cn1c(=O)c(Br)c(N[C@@H](C2CC2)C(F)(F)CO)c2cc([N+](=O)[O-])cnc21. The van der Waals surface area contributed by atoms with Gasteiger partial charge < -0.3 is 10.4 Å². The van der Waals surface area contributed by atoms with Crippen LogP contribution in [0.15, 0.2) is 21.5 Å². The molecular weight excluding hydrogens is 418 g/mol. The van der Waals surface area contributed by atoms with Crippen molar-refractivity contribution in [2.75, 3.05) is 11.9 Å². The summed E-state index contributed by atoms with van der Waals surface area (Å²) in [6.45, 7) is -1.35. The third kappa shape index (κ3) is 3.16. The van der Waals surface area contributed by atoms with Crippen LogP contribution in [0.3, 0.4) is 0 Å². The Hall–Kier alpha value is -2.14. The summed E-state index contributed by atoms with van der Waals surface area (Å²) in [5.74, 6) is -3.78. The topological polar surface area (TPSA) is 110 Å². The van der Waals surface area contributed by atoms with Crippen LogP contribution in [0.1, 0.15) is 12.8 Å². The number of nitro groups is 1. The van der Waals surface area contributed by atoms with Crippen molar-refractivity contribution < 1.29 is 18.8 Å². The van der Waals surface area contributed by atoms with Crippen LogP contribution in [0.5, 0.6) is 0 Å². The number of nitrogens with zero attached hydrogens (tertiary/aromatic N) is 3. The van der Waals surface area contributed by atoms with Gasteiger partial charge in [0.1, 0.15) is 22.9 Å². The van der Waals surface area contributed by atoms with Gasteiger partial charge in [0.05, 0.1) is 16.7 Å². The number of fused-ring (bicyclic) bond motifs is 1. The van der Waals surface area contributed by atoms with E-state index in [0.717, 1.165) is 6.20 Å². The molecule has 11 heteroatoms. The van der Waals surface area contributed by atoms with Crippen LogP contribution in [0.4, 0.5) is 20.2 Å². The number of hydrogen-bond donors (Lipinski definition) is 2. The number of aliphatic hydroxyl groups is 1. The second-order valence-corrected chi connectivity index (χ2v) is 7.05. The van der Waals surface area contributed by atoms with Crippen LogP contribution >= 0.6 is 15.9 Å². The Morgan fingerprint density at radius 2 is 2.23 bits per heavy atom. The highest BCUT2D eigenvalue weighted by Crippen LogP contribution is 2.42. The first-order valence-corrected chi connectivity index (χ1v) is 8.54. The van der Waals surface area contributed by atoms with E-state index >= 15 is 0 Å². The lowest BCUT2D eigenvalue weighted by Gasteiger charge is -2.28. The molecule has 0 unspecified atom stereocenters. The highest BCUT2D eigenvalue weighted by molar-refractivity contribution is 9.10. The van der Waals surface area contributed by atoms with E-state index in [4.69, 9.17) is 5.11 Å². The Morgan fingerprint density at radius 1 is 1.58 bits per heavy atom. The number of hydrogen-bond acceptors (Lipinski definition) is 6. The second-order valence-electron chi connectivity index (χ2n) is 6.25. The van der Waals surface area contributed by atoms with E-state index in [2.05, 4.69) is 26.2 Å². The molecule has 2 aromatic rings. The summed E-state index contributed by atoms with van der Waals surface area (Å²) < 4.78 is 29.5.